The Bertz CT molecular complexity index is 909. The second kappa shape index (κ2) is 8.23. The molecule has 29 heavy (non-hydrogen) atoms. The van der Waals surface area contributed by atoms with Crippen molar-refractivity contribution in [2.24, 2.45) is 0 Å². The van der Waals surface area contributed by atoms with Gasteiger partial charge in [0.25, 0.3) is 0 Å². The van der Waals surface area contributed by atoms with Crippen LogP contribution in [0.25, 0.3) is 0 Å². The predicted octanol–water partition coefficient (Wildman–Crippen LogP) is 2.08. The third-order valence-electron chi connectivity index (χ3n) is 5.76. The van der Waals surface area contributed by atoms with Gasteiger partial charge in [0.2, 0.25) is 11.8 Å². The van der Waals surface area contributed by atoms with Crippen molar-refractivity contribution in [3.63, 3.8) is 0 Å². The van der Waals surface area contributed by atoms with Crippen LogP contribution in [0.2, 0.25) is 0 Å². The maximum atomic E-state index is 12.6. The number of ether oxygens (including phenoxy) is 1. The van der Waals surface area contributed by atoms with E-state index in [1.54, 1.807) is 6.92 Å². The van der Waals surface area contributed by atoms with Crippen molar-refractivity contribution >= 4 is 11.8 Å². The SMILES string of the molecule is CC(=O)N1CCC[C@@H]1c1nnc2n1CCN(C(=O)CCOc1ccccc1C)C2. The third-order valence-corrected chi connectivity index (χ3v) is 5.76. The van der Waals surface area contributed by atoms with E-state index in [0.29, 0.717) is 32.7 Å². The van der Waals surface area contributed by atoms with Crippen LogP contribution in [-0.4, -0.2) is 56.1 Å². The van der Waals surface area contributed by atoms with E-state index in [2.05, 4.69) is 14.8 Å². The van der Waals surface area contributed by atoms with Gasteiger partial charge >= 0.3 is 0 Å². The quantitative estimate of drug-likeness (QED) is 0.772. The number of carbonyl (C=O) groups is 2. The number of likely N-dealkylation sites (tertiary alicyclic amines) is 1. The van der Waals surface area contributed by atoms with Crippen molar-refractivity contribution in [1.29, 1.82) is 0 Å². The van der Waals surface area contributed by atoms with Gasteiger partial charge in [0.1, 0.15) is 5.75 Å². The minimum absolute atomic E-state index is 0.00138. The maximum absolute atomic E-state index is 12.6. The first-order chi connectivity index (χ1) is 14.0. The lowest BCUT2D eigenvalue weighted by Gasteiger charge is -2.30. The molecule has 2 amide bonds. The van der Waals surface area contributed by atoms with Gasteiger partial charge in [-0.25, -0.2) is 0 Å². The highest BCUT2D eigenvalue weighted by molar-refractivity contribution is 5.76. The molecule has 2 aliphatic rings. The molecule has 0 spiro atoms. The highest BCUT2D eigenvalue weighted by Crippen LogP contribution is 2.32. The molecular weight excluding hydrogens is 370 g/mol. The summed E-state index contributed by atoms with van der Waals surface area (Å²) in [4.78, 5) is 28.2. The van der Waals surface area contributed by atoms with Crippen LogP contribution in [0, 0.1) is 6.92 Å². The van der Waals surface area contributed by atoms with Crippen molar-refractivity contribution in [2.75, 3.05) is 19.7 Å². The Labute approximate surface area is 170 Å². The molecule has 1 fully saturated rings. The number of aryl methyl sites for hydroxylation is 1. The number of aromatic nitrogens is 3. The lowest BCUT2D eigenvalue weighted by Crippen LogP contribution is -2.40. The Morgan fingerprint density at radius 1 is 1.17 bits per heavy atom. The minimum atomic E-state index is -0.00138. The van der Waals surface area contributed by atoms with E-state index in [-0.39, 0.29) is 17.9 Å². The first-order valence-corrected chi connectivity index (χ1v) is 10.2. The molecule has 154 valence electrons. The zero-order valence-electron chi connectivity index (χ0n) is 17.0. The highest BCUT2D eigenvalue weighted by Gasteiger charge is 2.34. The van der Waals surface area contributed by atoms with E-state index in [1.165, 1.54) is 0 Å². The standard InChI is InChI=1S/C21H27N5O3/c1-15-6-3-4-8-18(15)29-13-9-20(28)24-11-12-26-19(14-24)22-23-21(26)17-7-5-10-25(17)16(2)27/h3-4,6,8,17H,5,7,9-14H2,1-2H3/t17-/m1/s1. The largest absolute Gasteiger partial charge is 0.493 e. The lowest BCUT2D eigenvalue weighted by atomic mass is 10.2. The molecule has 8 heteroatoms. The molecule has 2 aromatic rings. The fourth-order valence-electron chi connectivity index (χ4n) is 4.18. The van der Waals surface area contributed by atoms with E-state index in [1.807, 2.05) is 41.0 Å². The van der Waals surface area contributed by atoms with Gasteiger partial charge in [-0.15, -0.1) is 10.2 Å². The first kappa shape index (κ1) is 19.4. The number of hydrogen-bond acceptors (Lipinski definition) is 5. The summed E-state index contributed by atoms with van der Waals surface area (Å²) in [6.07, 6.45) is 2.23. The summed E-state index contributed by atoms with van der Waals surface area (Å²) in [5.41, 5.74) is 1.06. The topological polar surface area (TPSA) is 80.6 Å². The average Bonchev–Trinajstić information content (AvgIpc) is 3.35. The van der Waals surface area contributed by atoms with Crippen molar-refractivity contribution < 1.29 is 14.3 Å². The van der Waals surface area contributed by atoms with Gasteiger partial charge < -0.3 is 19.1 Å². The van der Waals surface area contributed by atoms with Crippen molar-refractivity contribution in [2.45, 2.75) is 52.2 Å². The molecule has 8 nitrogen and oxygen atoms in total. The number of benzene rings is 1. The summed E-state index contributed by atoms with van der Waals surface area (Å²) >= 11 is 0. The Morgan fingerprint density at radius 3 is 2.79 bits per heavy atom. The molecule has 0 aliphatic carbocycles. The average molecular weight is 397 g/mol. The first-order valence-electron chi connectivity index (χ1n) is 10.2. The van der Waals surface area contributed by atoms with Crippen LogP contribution in [-0.2, 0) is 22.7 Å². The number of nitrogens with zero attached hydrogens (tertiary/aromatic N) is 5. The molecule has 4 rings (SSSR count). The number of carbonyl (C=O) groups excluding carboxylic acids is 2. The highest BCUT2D eigenvalue weighted by atomic mass is 16.5. The van der Waals surface area contributed by atoms with Gasteiger partial charge in [0.15, 0.2) is 11.6 Å². The van der Waals surface area contributed by atoms with Gasteiger partial charge in [-0.05, 0) is 31.4 Å². The second-order valence-electron chi connectivity index (χ2n) is 7.68. The van der Waals surface area contributed by atoms with Gasteiger partial charge in [0, 0.05) is 26.6 Å². The molecule has 0 saturated carbocycles. The number of fused-ring (bicyclic) bond motifs is 1. The van der Waals surface area contributed by atoms with Crippen LogP contribution in [0.15, 0.2) is 24.3 Å². The number of para-hydroxylation sites is 1. The van der Waals surface area contributed by atoms with Gasteiger partial charge in [-0.3, -0.25) is 9.59 Å². The van der Waals surface area contributed by atoms with Gasteiger partial charge in [-0.2, -0.15) is 0 Å². The molecule has 1 aromatic carbocycles. The van der Waals surface area contributed by atoms with Crippen LogP contribution < -0.4 is 4.74 Å². The second-order valence-corrected chi connectivity index (χ2v) is 7.68. The minimum Gasteiger partial charge on any atom is -0.493 e. The fraction of sp³-hybridized carbons (Fsp3) is 0.524. The van der Waals surface area contributed by atoms with Crippen molar-refractivity contribution in [3.05, 3.63) is 41.5 Å². The van der Waals surface area contributed by atoms with E-state index < -0.39 is 0 Å². The molecule has 2 aliphatic heterocycles. The molecule has 0 unspecified atom stereocenters. The number of hydrogen-bond donors (Lipinski definition) is 0. The van der Waals surface area contributed by atoms with Crippen molar-refractivity contribution in [3.8, 4) is 5.75 Å². The van der Waals surface area contributed by atoms with Crippen molar-refractivity contribution in [1.82, 2.24) is 24.6 Å². The monoisotopic (exact) mass is 397 g/mol. The number of rotatable bonds is 5. The van der Waals surface area contributed by atoms with Crippen LogP contribution in [0.3, 0.4) is 0 Å². The molecule has 0 N–H and O–H groups in total. The Morgan fingerprint density at radius 2 is 2.00 bits per heavy atom. The van der Waals surface area contributed by atoms with E-state index >= 15 is 0 Å². The van der Waals surface area contributed by atoms with E-state index in [4.69, 9.17) is 4.74 Å². The summed E-state index contributed by atoms with van der Waals surface area (Å²) in [6, 6.07) is 7.80. The van der Waals surface area contributed by atoms with Crippen LogP contribution in [0.5, 0.6) is 5.75 Å². The van der Waals surface area contributed by atoms with Crippen LogP contribution >= 0.6 is 0 Å². The van der Waals surface area contributed by atoms with Gasteiger partial charge in [0.05, 0.1) is 25.6 Å². The predicted molar refractivity (Wildman–Crippen MR) is 106 cm³/mol. The normalized spacial score (nSPS) is 18.6. The van der Waals surface area contributed by atoms with Gasteiger partial charge in [-0.1, -0.05) is 18.2 Å². The van der Waals surface area contributed by atoms with E-state index in [0.717, 1.165) is 42.3 Å². The number of amides is 2. The molecule has 1 atom stereocenters. The Kier molecular flexibility index (Phi) is 5.51. The zero-order valence-corrected chi connectivity index (χ0v) is 17.0. The Balaban J connectivity index is 1.35. The van der Waals surface area contributed by atoms with E-state index in [9.17, 15) is 9.59 Å². The molecule has 1 saturated heterocycles. The summed E-state index contributed by atoms with van der Waals surface area (Å²) in [7, 11) is 0. The molecule has 1 aromatic heterocycles. The molecule has 0 radical (unpaired) electrons. The summed E-state index contributed by atoms with van der Waals surface area (Å²) < 4.78 is 7.84. The Hall–Kier alpha value is -2.90. The van der Waals surface area contributed by atoms with Crippen LogP contribution in [0.4, 0.5) is 0 Å². The third kappa shape index (κ3) is 3.97. The molecule has 3 heterocycles. The lowest BCUT2D eigenvalue weighted by molar-refractivity contribution is -0.133. The molecular formula is C21H27N5O3. The smallest absolute Gasteiger partial charge is 0.226 e. The van der Waals surface area contributed by atoms with Crippen LogP contribution in [0.1, 0.15) is 49.4 Å². The maximum Gasteiger partial charge on any atom is 0.226 e. The zero-order chi connectivity index (χ0) is 20.4. The summed E-state index contributed by atoms with van der Waals surface area (Å²) in [6.45, 7) is 6.44. The summed E-state index contributed by atoms with van der Waals surface area (Å²) in [5, 5.41) is 8.69. The fourth-order valence-corrected chi connectivity index (χ4v) is 4.18. The molecule has 0 bridgehead atoms. The summed E-state index contributed by atoms with van der Waals surface area (Å²) in [5.74, 6) is 2.58.